The summed E-state index contributed by atoms with van der Waals surface area (Å²) in [5.41, 5.74) is 6.19. The number of rotatable bonds is 2. The molecule has 0 aliphatic carbocycles. The highest BCUT2D eigenvalue weighted by molar-refractivity contribution is 6.12. The van der Waals surface area contributed by atoms with Crippen LogP contribution in [0.2, 0.25) is 0 Å². The van der Waals surface area contributed by atoms with Crippen LogP contribution < -0.4 is 10.2 Å². The molecule has 0 bridgehead atoms. The van der Waals surface area contributed by atoms with Crippen molar-refractivity contribution in [1.82, 2.24) is 0 Å². The minimum absolute atomic E-state index is 0.00852. The zero-order valence-electron chi connectivity index (χ0n) is 17.0. The highest BCUT2D eigenvalue weighted by Gasteiger charge is 2.34. The van der Waals surface area contributed by atoms with E-state index in [-0.39, 0.29) is 12.1 Å². The number of carbonyl (C=O) groups excluding carboxylic acids is 1. The maximum atomic E-state index is 13.6. The van der Waals surface area contributed by atoms with E-state index in [0.29, 0.717) is 5.56 Å². The van der Waals surface area contributed by atoms with Crippen LogP contribution in [0, 0.1) is 6.92 Å². The number of benzene rings is 4. The number of nitrogens with one attached hydrogen (secondary N) is 1. The van der Waals surface area contributed by atoms with Gasteiger partial charge in [-0.2, -0.15) is 0 Å². The molecule has 1 aliphatic rings. The molecule has 0 fully saturated rings. The van der Waals surface area contributed by atoms with Crippen LogP contribution in [0.25, 0.3) is 21.9 Å². The van der Waals surface area contributed by atoms with Crippen molar-refractivity contribution in [3.63, 3.8) is 0 Å². The predicted molar refractivity (Wildman–Crippen MR) is 125 cm³/mol. The number of hydrogen-bond donors (Lipinski definition) is 1. The zero-order valence-corrected chi connectivity index (χ0v) is 17.0. The molecule has 1 aromatic heterocycles. The van der Waals surface area contributed by atoms with E-state index in [1.165, 1.54) is 0 Å². The van der Waals surface area contributed by atoms with Gasteiger partial charge in [-0.25, -0.2) is 0 Å². The van der Waals surface area contributed by atoms with Crippen LogP contribution >= 0.6 is 0 Å². The second kappa shape index (κ2) is 6.74. The lowest BCUT2D eigenvalue weighted by atomic mass is 10.00. The van der Waals surface area contributed by atoms with E-state index in [4.69, 9.17) is 4.42 Å². The second-order valence-electron chi connectivity index (χ2n) is 7.91. The molecule has 1 N–H and O–H groups in total. The third-order valence-electron chi connectivity index (χ3n) is 6.02. The second-order valence-corrected chi connectivity index (χ2v) is 7.91. The van der Waals surface area contributed by atoms with Gasteiger partial charge in [0.2, 0.25) is 0 Å². The van der Waals surface area contributed by atoms with Gasteiger partial charge in [-0.15, -0.1) is 0 Å². The molecule has 1 aliphatic heterocycles. The highest BCUT2D eigenvalue weighted by atomic mass is 16.3. The number of furan rings is 1. The van der Waals surface area contributed by atoms with Crippen LogP contribution in [-0.4, -0.2) is 5.91 Å². The largest absolute Gasteiger partial charge is 0.456 e. The van der Waals surface area contributed by atoms with E-state index in [1.54, 1.807) is 0 Å². The predicted octanol–water partition coefficient (Wildman–Crippen LogP) is 6.67. The molecule has 6 rings (SSSR count). The first-order valence-corrected chi connectivity index (χ1v) is 10.4. The fraction of sp³-hybridized carbons (Fsp3) is 0.0741. The van der Waals surface area contributed by atoms with Gasteiger partial charge in [0.05, 0.1) is 5.56 Å². The van der Waals surface area contributed by atoms with Crippen molar-refractivity contribution >= 4 is 39.2 Å². The Hall–Kier alpha value is -4.05. The molecule has 4 heteroatoms. The molecule has 1 unspecified atom stereocenters. The average Bonchev–Trinajstić information content (AvgIpc) is 3.18. The van der Waals surface area contributed by atoms with Crippen molar-refractivity contribution in [2.45, 2.75) is 13.1 Å². The van der Waals surface area contributed by atoms with Gasteiger partial charge in [0.15, 0.2) is 0 Å². The number of nitrogens with zero attached hydrogens (tertiary/aromatic N) is 1. The minimum atomic E-state index is -0.332. The molecule has 1 amide bonds. The molecule has 0 saturated heterocycles. The fourth-order valence-electron chi connectivity index (χ4n) is 4.48. The van der Waals surface area contributed by atoms with Gasteiger partial charge in [0, 0.05) is 22.1 Å². The van der Waals surface area contributed by atoms with E-state index >= 15 is 0 Å². The average molecular weight is 404 g/mol. The minimum Gasteiger partial charge on any atom is -0.456 e. The number of amides is 1. The fourth-order valence-corrected chi connectivity index (χ4v) is 4.48. The molecule has 1 atom stereocenters. The van der Waals surface area contributed by atoms with E-state index in [0.717, 1.165) is 44.4 Å². The van der Waals surface area contributed by atoms with Crippen molar-refractivity contribution in [1.29, 1.82) is 0 Å². The molecule has 0 spiro atoms. The summed E-state index contributed by atoms with van der Waals surface area (Å²) in [5, 5.41) is 5.72. The maximum Gasteiger partial charge on any atom is 0.262 e. The van der Waals surface area contributed by atoms with Gasteiger partial charge in [-0.1, -0.05) is 54.6 Å². The van der Waals surface area contributed by atoms with Crippen LogP contribution in [0.3, 0.4) is 0 Å². The van der Waals surface area contributed by atoms with Crippen LogP contribution in [0.15, 0.2) is 95.4 Å². The summed E-state index contributed by atoms with van der Waals surface area (Å²) in [6, 6.07) is 29.9. The van der Waals surface area contributed by atoms with Crippen molar-refractivity contribution in [3.05, 3.63) is 108 Å². The van der Waals surface area contributed by atoms with Gasteiger partial charge in [0.25, 0.3) is 5.91 Å². The smallest absolute Gasteiger partial charge is 0.262 e. The van der Waals surface area contributed by atoms with Crippen LogP contribution in [0.1, 0.15) is 27.7 Å². The van der Waals surface area contributed by atoms with E-state index in [1.807, 2.05) is 90.7 Å². The van der Waals surface area contributed by atoms with Crippen molar-refractivity contribution in [2.75, 3.05) is 10.2 Å². The monoisotopic (exact) mass is 404 g/mol. The van der Waals surface area contributed by atoms with Gasteiger partial charge in [0.1, 0.15) is 17.3 Å². The number of para-hydroxylation sites is 3. The summed E-state index contributed by atoms with van der Waals surface area (Å²) in [4.78, 5) is 15.5. The quantitative estimate of drug-likeness (QED) is 0.358. The Balaban J connectivity index is 1.57. The lowest BCUT2D eigenvalue weighted by Gasteiger charge is -2.38. The summed E-state index contributed by atoms with van der Waals surface area (Å²) in [5.74, 6) is -0.00852. The molecular formula is C27H20N2O2. The topological polar surface area (TPSA) is 45.5 Å². The lowest BCUT2D eigenvalue weighted by Crippen LogP contribution is -2.43. The number of anilines is 2. The summed E-state index contributed by atoms with van der Waals surface area (Å²) >= 11 is 0. The Bertz CT molecular complexity index is 1470. The third kappa shape index (κ3) is 2.72. The van der Waals surface area contributed by atoms with Gasteiger partial charge in [-0.3, -0.25) is 9.69 Å². The Labute approximate surface area is 179 Å². The first-order chi connectivity index (χ1) is 15.2. The van der Waals surface area contributed by atoms with E-state index in [2.05, 4.69) is 17.4 Å². The first-order valence-electron chi connectivity index (χ1n) is 10.4. The summed E-state index contributed by atoms with van der Waals surface area (Å²) in [6.45, 7) is 2.03. The lowest BCUT2D eigenvalue weighted by molar-refractivity contribution is 0.0974. The number of aryl methyl sites for hydroxylation is 1. The molecule has 0 saturated carbocycles. The SMILES string of the molecule is Cc1ccccc1N1C(=O)c2ccccc2NC1c1ccc2oc3ccccc3c2c1. The Kier molecular flexibility index (Phi) is 3.87. The molecule has 0 radical (unpaired) electrons. The normalized spacial score (nSPS) is 15.8. The van der Waals surface area contributed by atoms with Gasteiger partial charge in [-0.05, 0) is 54.4 Å². The highest BCUT2D eigenvalue weighted by Crippen LogP contribution is 2.39. The summed E-state index contributed by atoms with van der Waals surface area (Å²) < 4.78 is 6.00. The van der Waals surface area contributed by atoms with E-state index in [9.17, 15) is 4.79 Å². The molecule has 150 valence electrons. The Morgan fingerprint density at radius 2 is 1.55 bits per heavy atom. The summed E-state index contributed by atoms with van der Waals surface area (Å²) in [7, 11) is 0. The van der Waals surface area contributed by atoms with Crippen LogP contribution in [-0.2, 0) is 0 Å². The van der Waals surface area contributed by atoms with E-state index < -0.39 is 0 Å². The summed E-state index contributed by atoms with van der Waals surface area (Å²) in [6.07, 6.45) is -0.332. The van der Waals surface area contributed by atoms with Crippen molar-refractivity contribution in [2.24, 2.45) is 0 Å². The van der Waals surface area contributed by atoms with Crippen molar-refractivity contribution < 1.29 is 9.21 Å². The standard InChI is InChI=1S/C27H20N2O2/c1-17-8-2-6-12-23(17)29-26(28-22-11-5-3-10-20(22)27(29)30)18-14-15-25-21(16-18)19-9-4-7-13-24(19)31-25/h2-16,26,28H,1H3. The molecule has 5 aromatic rings. The van der Waals surface area contributed by atoms with Crippen LogP contribution in [0.5, 0.6) is 0 Å². The molecule has 31 heavy (non-hydrogen) atoms. The maximum absolute atomic E-state index is 13.6. The van der Waals surface area contributed by atoms with Gasteiger partial charge >= 0.3 is 0 Å². The Morgan fingerprint density at radius 1 is 0.806 bits per heavy atom. The first kappa shape index (κ1) is 17.8. The number of carbonyl (C=O) groups is 1. The van der Waals surface area contributed by atoms with Gasteiger partial charge < -0.3 is 9.73 Å². The number of fused-ring (bicyclic) bond motifs is 4. The molecule has 4 nitrogen and oxygen atoms in total. The van der Waals surface area contributed by atoms with Crippen molar-refractivity contribution in [3.8, 4) is 0 Å². The number of hydrogen-bond acceptors (Lipinski definition) is 3. The molecule has 2 heterocycles. The Morgan fingerprint density at radius 3 is 2.45 bits per heavy atom. The zero-order chi connectivity index (χ0) is 20.9. The molecular weight excluding hydrogens is 384 g/mol. The van der Waals surface area contributed by atoms with Crippen LogP contribution in [0.4, 0.5) is 11.4 Å². The molecule has 4 aromatic carbocycles. The third-order valence-corrected chi connectivity index (χ3v) is 6.02.